The van der Waals surface area contributed by atoms with Gasteiger partial charge in [-0.3, -0.25) is 9.59 Å². The number of amides is 2. The molecule has 0 saturated carbocycles. The normalized spacial score (nSPS) is 10.8. The number of aromatic amines is 1. The topological polar surface area (TPSA) is 122 Å². The van der Waals surface area contributed by atoms with Crippen LogP contribution in [0.1, 0.15) is 32.5 Å². The van der Waals surface area contributed by atoms with Gasteiger partial charge in [-0.05, 0) is 43.7 Å². The van der Waals surface area contributed by atoms with E-state index in [2.05, 4.69) is 20.6 Å². The number of carbonyl (C=O) groups excluding carboxylic acids is 3. The number of methoxy groups -OCH3 is 1. The Kier molecular flexibility index (Phi) is 7.91. The summed E-state index contributed by atoms with van der Waals surface area (Å²) in [5, 5.41) is 6.45. The number of hydrogen-bond acceptors (Lipinski definition) is 8. The summed E-state index contributed by atoms with van der Waals surface area (Å²) in [6, 6.07) is 14.4. The summed E-state index contributed by atoms with van der Waals surface area (Å²) in [6.45, 7) is 3.57. The third kappa shape index (κ3) is 5.69. The van der Waals surface area contributed by atoms with E-state index in [4.69, 9.17) is 9.47 Å². The number of benzene rings is 2. The summed E-state index contributed by atoms with van der Waals surface area (Å²) >= 11 is 2.24. The van der Waals surface area contributed by atoms with Gasteiger partial charge in [-0.25, -0.2) is 9.78 Å². The third-order valence-corrected chi connectivity index (χ3v) is 7.19. The number of thiophene rings is 1. The minimum absolute atomic E-state index is 0.0440. The molecule has 0 radical (unpaired) electrons. The van der Waals surface area contributed by atoms with Crippen LogP contribution in [0.4, 0.5) is 10.7 Å². The van der Waals surface area contributed by atoms with Gasteiger partial charge in [0.25, 0.3) is 5.91 Å². The lowest BCUT2D eigenvalue weighted by molar-refractivity contribution is -0.113. The molecule has 2 heterocycles. The summed E-state index contributed by atoms with van der Waals surface area (Å²) < 4.78 is 10.4. The van der Waals surface area contributed by atoms with Crippen molar-refractivity contribution >= 4 is 62.6 Å². The van der Waals surface area contributed by atoms with Crippen LogP contribution in [-0.2, 0) is 9.53 Å². The van der Waals surface area contributed by atoms with Crippen molar-refractivity contribution in [2.45, 2.75) is 19.0 Å². The second-order valence-corrected chi connectivity index (χ2v) is 9.55. The van der Waals surface area contributed by atoms with Crippen LogP contribution >= 0.6 is 23.1 Å². The summed E-state index contributed by atoms with van der Waals surface area (Å²) in [4.78, 5) is 46.3. The Morgan fingerprint density at radius 3 is 2.61 bits per heavy atom. The van der Waals surface area contributed by atoms with Crippen LogP contribution in [0.3, 0.4) is 0 Å². The fourth-order valence-corrected chi connectivity index (χ4v) is 5.24. The van der Waals surface area contributed by atoms with Crippen molar-refractivity contribution in [1.29, 1.82) is 0 Å². The van der Waals surface area contributed by atoms with Gasteiger partial charge in [0.1, 0.15) is 15.6 Å². The van der Waals surface area contributed by atoms with Crippen molar-refractivity contribution in [1.82, 2.24) is 9.97 Å². The lowest BCUT2D eigenvalue weighted by atomic mass is 10.1. The lowest BCUT2D eigenvalue weighted by Crippen LogP contribution is -2.18. The highest BCUT2D eigenvalue weighted by Crippen LogP contribution is 2.34. The fraction of sp³-hybridized carbons (Fsp3) is 0.200. The maximum Gasteiger partial charge on any atom is 0.348 e. The molecule has 3 N–H and O–H groups in total. The molecule has 186 valence electrons. The number of fused-ring (bicyclic) bond motifs is 1. The van der Waals surface area contributed by atoms with Gasteiger partial charge >= 0.3 is 5.97 Å². The Hall–Kier alpha value is -3.83. The first-order chi connectivity index (χ1) is 17.4. The van der Waals surface area contributed by atoms with E-state index in [0.29, 0.717) is 22.2 Å². The highest BCUT2D eigenvalue weighted by atomic mass is 32.2. The zero-order valence-corrected chi connectivity index (χ0v) is 21.5. The first-order valence-electron chi connectivity index (χ1n) is 11.0. The number of H-pyrrole nitrogens is 1. The monoisotopic (exact) mass is 524 g/mol. The standard InChI is InChI=1S/C25H24N4O5S2/c1-4-34-24(32)21-14(2)20(22(31)26-15-8-6-5-7-9-15)23(36-21)29-19(30)13-35-25-27-17-11-10-16(33-3)12-18(17)28-25/h5-12H,4,13H2,1-3H3,(H,26,31)(H,27,28)(H,29,30). The van der Waals surface area contributed by atoms with Crippen molar-refractivity contribution in [2.75, 3.05) is 30.1 Å². The molecule has 2 aromatic heterocycles. The molecule has 0 bridgehead atoms. The number of nitrogens with zero attached hydrogens (tertiary/aromatic N) is 1. The highest BCUT2D eigenvalue weighted by Gasteiger charge is 2.26. The fourth-order valence-electron chi connectivity index (χ4n) is 3.44. The second kappa shape index (κ2) is 11.3. The molecule has 2 aromatic carbocycles. The number of hydrogen-bond donors (Lipinski definition) is 3. The molecule has 4 aromatic rings. The summed E-state index contributed by atoms with van der Waals surface area (Å²) in [5.74, 6) is -0.570. The predicted octanol–water partition coefficient (Wildman–Crippen LogP) is 5.10. The number of rotatable bonds is 9. The predicted molar refractivity (Wildman–Crippen MR) is 141 cm³/mol. The van der Waals surface area contributed by atoms with Crippen molar-refractivity contribution < 1.29 is 23.9 Å². The van der Waals surface area contributed by atoms with E-state index >= 15 is 0 Å². The van der Waals surface area contributed by atoms with Gasteiger partial charge in [-0.2, -0.15) is 0 Å². The number of esters is 1. The van der Waals surface area contributed by atoms with Gasteiger partial charge in [0, 0.05) is 11.8 Å². The Bertz CT molecular complexity index is 1410. The zero-order valence-electron chi connectivity index (χ0n) is 19.8. The van der Waals surface area contributed by atoms with E-state index < -0.39 is 11.9 Å². The number of para-hydroxylation sites is 1. The van der Waals surface area contributed by atoms with E-state index in [0.717, 1.165) is 22.4 Å². The Labute approximate surface area is 215 Å². The molecule has 0 aliphatic rings. The van der Waals surface area contributed by atoms with Crippen molar-refractivity contribution in [3.8, 4) is 5.75 Å². The molecule has 2 amide bonds. The SMILES string of the molecule is CCOC(=O)c1sc(NC(=O)CSc2nc3ccc(OC)cc3[nH]2)c(C(=O)Nc2ccccc2)c1C. The third-order valence-electron chi connectivity index (χ3n) is 5.13. The maximum absolute atomic E-state index is 13.1. The largest absolute Gasteiger partial charge is 0.497 e. The molecule has 11 heteroatoms. The molecule has 0 aliphatic carbocycles. The molecule has 0 fully saturated rings. The summed E-state index contributed by atoms with van der Waals surface area (Å²) in [6.07, 6.45) is 0. The molecule has 4 rings (SSSR count). The molecular formula is C25H24N4O5S2. The number of imidazole rings is 1. The molecule has 0 aliphatic heterocycles. The molecule has 9 nitrogen and oxygen atoms in total. The van der Waals surface area contributed by atoms with Crippen LogP contribution in [0.2, 0.25) is 0 Å². The number of nitrogens with one attached hydrogen (secondary N) is 3. The highest BCUT2D eigenvalue weighted by molar-refractivity contribution is 7.99. The average molecular weight is 525 g/mol. The maximum atomic E-state index is 13.1. The first kappa shape index (κ1) is 25.3. The van der Waals surface area contributed by atoms with Crippen LogP contribution in [0.5, 0.6) is 5.75 Å². The van der Waals surface area contributed by atoms with Gasteiger partial charge in [0.15, 0.2) is 5.16 Å². The van der Waals surface area contributed by atoms with Crippen LogP contribution in [0, 0.1) is 6.92 Å². The Balaban J connectivity index is 1.52. The van der Waals surface area contributed by atoms with E-state index in [1.54, 1.807) is 45.2 Å². The first-order valence-corrected chi connectivity index (χ1v) is 12.8. The summed E-state index contributed by atoms with van der Waals surface area (Å²) in [7, 11) is 1.59. The quantitative estimate of drug-likeness (QED) is 0.206. The van der Waals surface area contributed by atoms with Crippen LogP contribution in [-0.4, -0.2) is 47.2 Å². The molecule has 0 atom stereocenters. The van der Waals surface area contributed by atoms with Gasteiger partial charge in [-0.15, -0.1) is 11.3 Å². The summed E-state index contributed by atoms with van der Waals surface area (Å²) in [5.41, 5.74) is 2.82. The minimum atomic E-state index is -0.540. The van der Waals surface area contributed by atoms with Crippen LogP contribution in [0.15, 0.2) is 53.7 Å². The van der Waals surface area contributed by atoms with Crippen molar-refractivity contribution in [2.24, 2.45) is 0 Å². The molecule has 0 spiro atoms. The molecule has 0 unspecified atom stereocenters. The van der Waals surface area contributed by atoms with Gasteiger partial charge in [-0.1, -0.05) is 30.0 Å². The molecular weight excluding hydrogens is 500 g/mol. The van der Waals surface area contributed by atoms with Crippen LogP contribution in [0.25, 0.3) is 11.0 Å². The average Bonchev–Trinajstić information content (AvgIpc) is 3.43. The molecule has 36 heavy (non-hydrogen) atoms. The number of aromatic nitrogens is 2. The number of thioether (sulfide) groups is 1. The van der Waals surface area contributed by atoms with E-state index in [-0.39, 0.29) is 33.7 Å². The van der Waals surface area contributed by atoms with Crippen LogP contribution < -0.4 is 15.4 Å². The van der Waals surface area contributed by atoms with Crippen molar-refractivity contribution in [3.05, 3.63) is 64.5 Å². The van der Waals surface area contributed by atoms with Gasteiger partial charge < -0.3 is 25.1 Å². The van der Waals surface area contributed by atoms with E-state index in [1.807, 2.05) is 24.3 Å². The van der Waals surface area contributed by atoms with E-state index in [9.17, 15) is 14.4 Å². The van der Waals surface area contributed by atoms with Gasteiger partial charge in [0.05, 0.1) is 36.1 Å². The van der Waals surface area contributed by atoms with Gasteiger partial charge in [0.2, 0.25) is 5.91 Å². The molecule has 0 saturated heterocycles. The lowest BCUT2D eigenvalue weighted by Gasteiger charge is -2.08. The number of anilines is 2. The van der Waals surface area contributed by atoms with E-state index in [1.165, 1.54) is 11.8 Å². The smallest absolute Gasteiger partial charge is 0.348 e. The Morgan fingerprint density at radius 1 is 1.11 bits per heavy atom. The zero-order chi connectivity index (χ0) is 25.7. The number of carbonyl (C=O) groups is 3. The number of ether oxygens (including phenoxy) is 2. The second-order valence-electron chi connectivity index (χ2n) is 7.56. The Morgan fingerprint density at radius 2 is 1.89 bits per heavy atom. The van der Waals surface area contributed by atoms with Crippen molar-refractivity contribution in [3.63, 3.8) is 0 Å². The minimum Gasteiger partial charge on any atom is -0.497 e.